The molecule has 0 spiro atoms. The highest BCUT2D eigenvalue weighted by atomic mass is 35.5. The van der Waals surface area contributed by atoms with Gasteiger partial charge in [-0.3, -0.25) is 4.79 Å². The molecule has 1 N–H and O–H groups in total. The third-order valence-electron chi connectivity index (χ3n) is 2.08. The normalized spacial score (nSPS) is 16.1. The molecular formula is C10H10ClNO2. The fourth-order valence-electron chi connectivity index (χ4n) is 1.19. The first-order valence-corrected chi connectivity index (χ1v) is 4.77. The molecule has 2 rings (SSSR count). The van der Waals surface area contributed by atoms with Gasteiger partial charge in [-0.15, -0.1) is 0 Å². The lowest BCUT2D eigenvalue weighted by atomic mass is 10.2. The Hall–Kier alpha value is -1.06. The smallest absolute Gasteiger partial charge is 0.251 e. The second-order valence-corrected chi connectivity index (χ2v) is 3.65. The van der Waals surface area contributed by atoms with E-state index in [1.54, 1.807) is 24.3 Å². The van der Waals surface area contributed by atoms with Crippen molar-refractivity contribution in [2.75, 3.05) is 13.2 Å². The van der Waals surface area contributed by atoms with Gasteiger partial charge >= 0.3 is 0 Å². The largest absolute Gasteiger partial charge is 0.377 e. The summed E-state index contributed by atoms with van der Waals surface area (Å²) in [4.78, 5) is 11.5. The number of hydrogen-bond acceptors (Lipinski definition) is 2. The van der Waals surface area contributed by atoms with Crippen LogP contribution in [0.15, 0.2) is 24.3 Å². The predicted molar refractivity (Wildman–Crippen MR) is 53.5 cm³/mol. The number of amides is 1. The summed E-state index contributed by atoms with van der Waals surface area (Å²) in [6, 6.07) is 6.98. The van der Waals surface area contributed by atoms with Crippen molar-refractivity contribution in [1.82, 2.24) is 5.32 Å². The molecule has 1 aromatic carbocycles. The molecule has 1 fully saturated rings. The maximum Gasteiger partial charge on any atom is 0.251 e. The van der Waals surface area contributed by atoms with Crippen molar-refractivity contribution in [3.05, 3.63) is 34.9 Å². The van der Waals surface area contributed by atoms with Gasteiger partial charge in [-0.2, -0.15) is 0 Å². The molecule has 0 aromatic heterocycles. The number of ether oxygens (including phenoxy) is 1. The van der Waals surface area contributed by atoms with Crippen LogP contribution in [0.4, 0.5) is 0 Å². The first-order chi connectivity index (χ1) is 6.75. The Morgan fingerprint density at radius 1 is 1.36 bits per heavy atom. The van der Waals surface area contributed by atoms with Crippen molar-refractivity contribution in [3.8, 4) is 0 Å². The molecule has 1 heterocycles. The maximum atomic E-state index is 11.5. The second kappa shape index (κ2) is 3.98. The summed E-state index contributed by atoms with van der Waals surface area (Å²) in [5.74, 6) is -0.0741. The van der Waals surface area contributed by atoms with Crippen LogP contribution in [0.25, 0.3) is 0 Å². The van der Waals surface area contributed by atoms with Gasteiger partial charge in [0.05, 0.1) is 19.3 Å². The number of hydrogen-bond donors (Lipinski definition) is 1. The van der Waals surface area contributed by atoms with E-state index in [4.69, 9.17) is 16.3 Å². The van der Waals surface area contributed by atoms with Gasteiger partial charge in [0.15, 0.2) is 0 Å². The summed E-state index contributed by atoms with van der Waals surface area (Å²) in [7, 11) is 0. The zero-order valence-corrected chi connectivity index (χ0v) is 8.25. The van der Waals surface area contributed by atoms with Gasteiger partial charge in [-0.25, -0.2) is 0 Å². The Morgan fingerprint density at radius 2 is 2.00 bits per heavy atom. The standard InChI is InChI=1S/C10H10ClNO2/c11-8-3-1-7(2-4-8)10(13)12-9-5-14-6-9/h1-4,9H,5-6H2,(H,12,13). The van der Waals surface area contributed by atoms with Gasteiger partial charge < -0.3 is 10.1 Å². The van der Waals surface area contributed by atoms with Gasteiger partial charge in [0.1, 0.15) is 0 Å². The van der Waals surface area contributed by atoms with E-state index in [0.717, 1.165) is 0 Å². The minimum Gasteiger partial charge on any atom is -0.377 e. The van der Waals surface area contributed by atoms with Crippen molar-refractivity contribution < 1.29 is 9.53 Å². The van der Waals surface area contributed by atoms with Crippen LogP contribution in [-0.4, -0.2) is 25.2 Å². The van der Waals surface area contributed by atoms with Crippen molar-refractivity contribution >= 4 is 17.5 Å². The average molecular weight is 212 g/mol. The molecule has 14 heavy (non-hydrogen) atoms. The zero-order valence-electron chi connectivity index (χ0n) is 7.50. The van der Waals surface area contributed by atoms with Crippen molar-refractivity contribution in [3.63, 3.8) is 0 Å². The fraction of sp³-hybridized carbons (Fsp3) is 0.300. The minimum atomic E-state index is -0.0741. The summed E-state index contributed by atoms with van der Waals surface area (Å²) in [5, 5.41) is 3.48. The van der Waals surface area contributed by atoms with Crippen LogP contribution in [-0.2, 0) is 4.74 Å². The summed E-state index contributed by atoms with van der Waals surface area (Å²) in [5.41, 5.74) is 0.626. The van der Waals surface area contributed by atoms with E-state index in [9.17, 15) is 4.79 Å². The molecule has 0 unspecified atom stereocenters. The summed E-state index contributed by atoms with van der Waals surface area (Å²) < 4.78 is 4.95. The number of halogens is 1. The van der Waals surface area contributed by atoms with E-state index in [0.29, 0.717) is 23.8 Å². The molecule has 0 bridgehead atoms. The van der Waals surface area contributed by atoms with Gasteiger partial charge in [-0.05, 0) is 24.3 Å². The minimum absolute atomic E-state index is 0.0741. The number of nitrogens with one attached hydrogen (secondary N) is 1. The Bertz CT molecular complexity index is 332. The first-order valence-electron chi connectivity index (χ1n) is 4.40. The molecule has 1 aliphatic heterocycles. The van der Waals surface area contributed by atoms with Gasteiger partial charge in [-0.1, -0.05) is 11.6 Å². The molecule has 0 saturated carbocycles. The third kappa shape index (κ3) is 2.05. The van der Waals surface area contributed by atoms with Crippen LogP contribution in [0, 0.1) is 0 Å². The zero-order chi connectivity index (χ0) is 9.97. The van der Waals surface area contributed by atoms with Crippen molar-refractivity contribution in [1.29, 1.82) is 0 Å². The van der Waals surface area contributed by atoms with E-state index in [2.05, 4.69) is 5.32 Å². The molecule has 0 atom stereocenters. The highest BCUT2D eigenvalue weighted by Crippen LogP contribution is 2.10. The van der Waals surface area contributed by atoms with E-state index in [1.165, 1.54) is 0 Å². The molecule has 4 heteroatoms. The molecule has 74 valence electrons. The molecule has 1 amide bonds. The molecule has 1 aromatic rings. The molecule has 1 aliphatic rings. The Morgan fingerprint density at radius 3 is 2.50 bits per heavy atom. The highest BCUT2D eigenvalue weighted by Gasteiger charge is 2.20. The van der Waals surface area contributed by atoms with E-state index < -0.39 is 0 Å². The van der Waals surface area contributed by atoms with Crippen LogP contribution < -0.4 is 5.32 Å². The highest BCUT2D eigenvalue weighted by molar-refractivity contribution is 6.30. The average Bonchev–Trinajstić information content (AvgIpc) is 2.12. The number of carbonyl (C=O) groups excluding carboxylic acids is 1. The maximum absolute atomic E-state index is 11.5. The molecule has 0 radical (unpaired) electrons. The lowest BCUT2D eigenvalue weighted by Gasteiger charge is -2.26. The second-order valence-electron chi connectivity index (χ2n) is 3.21. The Balaban J connectivity index is 1.99. The van der Waals surface area contributed by atoms with E-state index in [1.807, 2.05) is 0 Å². The number of rotatable bonds is 2. The van der Waals surface area contributed by atoms with Crippen LogP contribution in [0.2, 0.25) is 5.02 Å². The number of benzene rings is 1. The van der Waals surface area contributed by atoms with Crippen LogP contribution >= 0.6 is 11.6 Å². The van der Waals surface area contributed by atoms with Gasteiger partial charge in [0.25, 0.3) is 5.91 Å². The molecule has 1 saturated heterocycles. The van der Waals surface area contributed by atoms with Crippen molar-refractivity contribution in [2.24, 2.45) is 0 Å². The van der Waals surface area contributed by atoms with Crippen molar-refractivity contribution in [2.45, 2.75) is 6.04 Å². The van der Waals surface area contributed by atoms with Crippen LogP contribution in [0.5, 0.6) is 0 Å². The summed E-state index contributed by atoms with van der Waals surface area (Å²) >= 11 is 5.71. The summed E-state index contributed by atoms with van der Waals surface area (Å²) in [6.07, 6.45) is 0. The summed E-state index contributed by atoms with van der Waals surface area (Å²) in [6.45, 7) is 1.22. The van der Waals surface area contributed by atoms with Gasteiger partial charge in [0, 0.05) is 10.6 Å². The van der Waals surface area contributed by atoms with Crippen LogP contribution in [0.3, 0.4) is 0 Å². The van der Waals surface area contributed by atoms with Crippen LogP contribution in [0.1, 0.15) is 10.4 Å². The Labute approximate surface area is 87.0 Å². The Kier molecular flexibility index (Phi) is 2.70. The monoisotopic (exact) mass is 211 g/mol. The van der Waals surface area contributed by atoms with Gasteiger partial charge in [0.2, 0.25) is 0 Å². The lowest BCUT2D eigenvalue weighted by Crippen LogP contribution is -2.48. The lowest BCUT2D eigenvalue weighted by molar-refractivity contribution is -0.00346. The fourth-order valence-corrected chi connectivity index (χ4v) is 1.32. The molecular weight excluding hydrogens is 202 g/mol. The number of carbonyl (C=O) groups is 1. The quantitative estimate of drug-likeness (QED) is 0.805. The molecule has 3 nitrogen and oxygen atoms in total. The predicted octanol–water partition coefficient (Wildman–Crippen LogP) is 1.47. The first kappa shape index (κ1) is 9.49. The van der Waals surface area contributed by atoms with E-state index in [-0.39, 0.29) is 11.9 Å². The third-order valence-corrected chi connectivity index (χ3v) is 2.33. The molecule has 0 aliphatic carbocycles. The topological polar surface area (TPSA) is 38.3 Å². The van der Waals surface area contributed by atoms with E-state index >= 15 is 0 Å². The SMILES string of the molecule is O=C(NC1COC1)c1ccc(Cl)cc1.